The van der Waals surface area contributed by atoms with Crippen LogP contribution in [0, 0.1) is 0 Å². The Morgan fingerprint density at radius 1 is 0.508 bits per heavy atom. The minimum atomic E-state index is -5.15. The molecule has 2 atom stereocenters. The number of nitrogens with zero attached hydrogens (tertiary/aromatic N) is 2. The largest absolute Gasteiger partial charge is 0.493 e. The van der Waals surface area contributed by atoms with Crippen LogP contribution >= 0.6 is 0 Å². The highest BCUT2D eigenvalue weighted by atomic mass is 19.4. The van der Waals surface area contributed by atoms with Crippen LogP contribution < -0.4 is 37.9 Å². The van der Waals surface area contributed by atoms with Gasteiger partial charge in [0, 0.05) is 13.1 Å². The molecule has 0 saturated carbocycles. The first kappa shape index (κ1) is 48.0. The quantitative estimate of drug-likeness (QED) is 0.108. The molecule has 350 valence electrons. The Hall–Kier alpha value is -6.46. The standard InChI is InChI=1S/C47H50F6N2O10/c1-58-36-18-26(30(22-40(36)62-5)16-34-32-24-42(64-7)38(60-3)20-28(32)12-14-54(34)44(56)46(48,49)50)10-9-11-27-19-37(59-2)41(63-6)23-31(27)17-35-33-25-43(65-8)39(61-4)21-29(33)13-15-55(35)45(57)47(51,52)53/h9-10,18-25,34-35H,11-17H2,1-8H3/b10-9+/t34-,35+/m1/s1. The first-order valence-corrected chi connectivity index (χ1v) is 20.3. The SMILES string of the molecule is COc1cc(/C=C/Cc2cc(OC)c(OC)cc2C[C@H]2c3cc(OC)c(OC)cc3CCN2C(=O)C(F)(F)F)c(C[C@@H]2c3cc(OC)c(OC)cc3CCN2C(=O)C(F)(F)F)cc1OC. The van der Waals surface area contributed by atoms with E-state index in [4.69, 9.17) is 37.9 Å². The molecule has 0 saturated heterocycles. The molecule has 12 nitrogen and oxygen atoms in total. The number of amides is 2. The van der Waals surface area contributed by atoms with Gasteiger partial charge in [-0.3, -0.25) is 9.59 Å². The molecule has 2 aliphatic rings. The van der Waals surface area contributed by atoms with Crippen LogP contribution in [0.25, 0.3) is 6.08 Å². The fourth-order valence-electron chi connectivity index (χ4n) is 8.65. The molecule has 0 N–H and O–H groups in total. The van der Waals surface area contributed by atoms with Crippen LogP contribution in [-0.2, 0) is 41.7 Å². The van der Waals surface area contributed by atoms with Crippen molar-refractivity contribution in [2.75, 3.05) is 70.0 Å². The van der Waals surface area contributed by atoms with E-state index in [2.05, 4.69) is 0 Å². The Balaban J connectivity index is 1.44. The first-order valence-electron chi connectivity index (χ1n) is 20.3. The second kappa shape index (κ2) is 19.7. The van der Waals surface area contributed by atoms with Crippen molar-refractivity contribution in [1.29, 1.82) is 0 Å². The van der Waals surface area contributed by atoms with Crippen molar-refractivity contribution in [3.8, 4) is 46.0 Å². The molecule has 2 amide bonds. The number of alkyl halides is 6. The summed E-state index contributed by atoms with van der Waals surface area (Å²) >= 11 is 0. The molecule has 0 unspecified atom stereocenters. The number of halogens is 6. The number of allylic oxidation sites excluding steroid dienone is 1. The molecule has 65 heavy (non-hydrogen) atoms. The van der Waals surface area contributed by atoms with Gasteiger partial charge in [0.1, 0.15) is 0 Å². The maximum atomic E-state index is 14.2. The van der Waals surface area contributed by atoms with E-state index >= 15 is 0 Å². The lowest BCUT2D eigenvalue weighted by Gasteiger charge is -2.38. The van der Waals surface area contributed by atoms with E-state index in [0.29, 0.717) is 79.0 Å². The summed E-state index contributed by atoms with van der Waals surface area (Å²) in [5, 5.41) is 0. The molecule has 0 aromatic heterocycles. The van der Waals surface area contributed by atoms with Crippen molar-refractivity contribution in [3.63, 3.8) is 0 Å². The maximum absolute atomic E-state index is 14.2. The van der Waals surface area contributed by atoms with Crippen molar-refractivity contribution < 1.29 is 73.8 Å². The summed E-state index contributed by atoms with van der Waals surface area (Å²) in [4.78, 5) is 27.7. The summed E-state index contributed by atoms with van der Waals surface area (Å²) in [7, 11) is 11.4. The van der Waals surface area contributed by atoms with Crippen molar-refractivity contribution in [1.82, 2.24) is 9.80 Å². The minimum Gasteiger partial charge on any atom is -0.493 e. The Morgan fingerprint density at radius 2 is 0.846 bits per heavy atom. The number of benzene rings is 4. The van der Waals surface area contributed by atoms with Crippen LogP contribution in [0.2, 0.25) is 0 Å². The van der Waals surface area contributed by atoms with Crippen LogP contribution in [0.5, 0.6) is 46.0 Å². The molecule has 2 heterocycles. The molecule has 0 spiro atoms. The Bertz CT molecular complexity index is 2440. The topological polar surface area (TPSA) is 114 Å². The van der Waals surface area contributed by atoms with Crippen LogP contribution in [0.15, 0.2) is 54.6 Å². The second-order valence-corrected chi connectivity index (χ2v) is 15.2. The number of hydrogen-bond acceptors (Lipinski definition) is 10. The summed E-state index contributed by atoms with van der Waals surface area (Å²) in [6.07, 6.45) is -6.53. The summed E-state index contributed by atoms with van der Waals surface area (Å²) in [6.45, 7) is -0.433. The van der Waals surface area contributed by atoms with E-state index in [1.165, 1.54) is 56.9 Å². The monoisotopic (exact) mass is 916 g/mol. The highest BCUT2D eigenvalue weighted by Crippen LogP contribution is 2.45. The molecule has 0 aliphatic carbocycles. The minimum absolute atomic E-state index is 0.0756. The lowest BCUT2D eigenvalue weighted by molar-refractivity contribution is -0.188. The molecule has 2 aliphatic heterocycles. The fourth-order valence-corrected chi connectivity index (χ4v) is 8.65. The molecule has 0 bridgehead atoms. The molecule has 18 heteroatoms. The van der Waals surface area contributed by atoms with Crippen molar-refractivity contribution in [2.45, 2.75) is 56.5 Å². The summed E-state index contributed by atoms with van der Waals surface area (Å²) in [5.41, 5.74) is 4.45. The zero-order valence-electron chi connectivity index (χ0n) is 37.1. The third-order valence-corrected chi connectivity index (χ3v) is 11.8. The zero-order chi connectivity index (χ0) is 47.4. The average Bonchev–Trinajstić information content (AvgIpc) is 3.29. The van der Waals surface area contributed by atoms with Crippen LogP contribution in [0.3, 0.4) is 0 Å². The lowest BCUT2D eigenvalue weighted by atomic mass is 9.86. The second-order valence-electron chi connectivity index (χ2n) is 15.2. The van der Waals surface area contributed by atoms with Crippen molar-refractivity contribution in [2.24, 2.45) is 0 Å². The molecule has 0 radical (unpaired) electrons. The van der Waals surface area contributed by atoms with Crippen molar-refractivity contribution in [3.05, 3.63) is 99.1 Å². The Morgan fingerprint density at radius 3 is 1.25 bits per heavy atom. The number of carbonyl (C=O) groups is 2. The van der Waals surface area contributed by atoms with E-state index in [9.17, 15) is 35.9 Å². The average molecular weight is 917 g/mol. The van der Waals surface area contributed by atoms with E-state index < -0.39 is 36.3 Å². The number of rotatable bonds is 15. The Labute approximate surface area is 372 Å². The van der Waals surface area contributed by atoms with Gasteiger partial charge in [0.2, 0.25) is 0 Å². The van der Waals surface area contributed by atoms with Crippen LogP contribution in [0.1, 0.15) is 56.6 Å². The smallest absolute Gasteiger partial charge is 0.471 e. The predicted molar refractivity (Wildman–Crippen MR) is 227 cm³/mol. The summed E-state index contributed by atoms with van der Waals surface area (Å²) < 4.78 is 129. The van der Waals surface area contributed by atoms with Crippen LogP contribution in [0.4, 0.5) is 26.3 Å². The van der Waals surface area contributed by atoms with Gasteiger partial charge in [-0.05, 0) is 125 Å². The fraction of sp³-hybridized carbons (Fsp3) is 0.404. The zero-order valence-corrected chi connectivity index (χ0v) is 37.1. The van der Waals surface area contributed by atoms with Gasteiger partial charge < -0.3 is 47.7 Å². The van der Waals surface area contributed by atoms with Gasteiger partial charge in [-0.1, -0.05) is 12.2 Å². The normalized spacial score (nSPS) is 16.1. The lowest BCUT2D eigenvalue weighted by Crippen LogP contribution is -2.47. The molecule has 4 aromatic carbocycles. The van der Waals surface area contributed by atoms with Gasteiger partial charge in [-0.25, -0.2) is 0 Å². The van der Waals surface area contributed by atoms with Gasteiger partial charge in [0.15, 0.2) is 46.0 Å². The third-order valence-electron chi connectivity index (χ3n) is 11.8. The van der Waals surface area contributed by atoms with E-state index in [1.54, 1.807) is 60.7 Å². The third kappa shape index (κ3) is 9.95. The number of ether oxygens (including phenoxy) is 8. The number of fused-ring (bicyclic) bond motifs is 2. The number of methoxy groups -OCH3 is 8. The molecular weight excluding hydrogens is 867 g/mol. The maximum Gasteiger partial charge on any atom is 0.471 e. The van der Waals surface area contributed by atoms with Gasteiger partial charge >= 0.3 is 24.2 Å². The number of carbonyl (C=O) groups excluding carboxylic acids is 2. The molecular formula is C47H50F6N2O10. The first-order chi connectivity index (χ1) is 30.9. The number of hydrogen-bond donors (Lipinski definition) is 0. The van der Waals surface area contributed by atoms with Gasteiger partial charge in [-0.2, -0.15) is 26.3 Å². The van der Waals surface area contributed by atoms with Gasteiger partial charge in [0.25, 0.3) is 0 Å². The molecule has 4 aromatic rings. The van der Waals surface area contributed by atoms with E-state index in [-0.39, 0.29) is 56.7 Å². The van der Waals surface area contributed by atoms with Crippen molar-refractivity contribution >= 4 is 17.9 Å². The highest BCUT2D eigenvalue weighted by molar-refractivity contribution is 5.83. The van der Waals surface area contributed by atoms with E-state index in [1.807, 2.05) is 0 Å². The van der Waals surface area contributed by atoms with Crippen LogP contribution in [-0.4, -0.2) is 104 Å². The predicted octanol–water partition coefficient (Wildman–Crippen LogP) is 8.47. The summed E-state index contributed by atoms with van der Waals surface area (Å²) in [5.74, 6) is -1.40. The molecule has 0 fully saturated rings. The highest BCUT2D eigenvalue weighted by Gasteiger charge is 2.48. The Kier molecular flexibility index (Phi) is 14.6. The molecule has 6 rings (SSSR count). The summed E-state index contributed by atoms with van der Waals surface area (Å²) in [6, 6.07) is 11.0. The van der Waals surface area contributed by atoms with E-state index in [0.717, 1.165) is 9.80 Å². The van der Waals surface area contributed by atoms with Gasteiger partial charge in [-0.15, -0.1) is 0 Å². The van der Waals surface area contributed by atoms with Gasteiger partial charge in [0.05, 0.1) is 69.0 Å².